The first-order valence-corrected chi connectivity index (χ1v) is 6.68. The topological polar surface area (TPSA) is 43.7 Å². The van der Waals surface area contributed by atoms with Crippen LogP contribution in [-0.4, -0.2) is 40.4 Å². The predicted octanol–water partition coefficient (Wildman–Crippen LogP) is 1.76. The Bertz CT molecular complexity index is 497. The fraction of sp³-hybridized carbons (Fsp3) is 0.500. The van der Waals surface area contributed by atoms with Crippen LogP contribution in [0.3, 0.4) is 0 Å². The second-order valence-corrected chi connectivity index (χ2v) is 5.38. The summed E-state index contributed by atoms with van der Waals surface area (Å²) in [5.74, 6) is 4.85. The Morgan fingerprint density at radius 1 is 1.35 bits per heavy atom. The average molecular weight is 279 g/mol. The minimum absolute atomic E-state index is 0.238. The molecule has 20 heavy (non-hydrogen) atoms. The summed E-state index contributed by atoms with van der Waals surface area (Å²) < 4.78 is 14.0. The van der Waals surface area contributed by atoms with Gasteiger partial charge in [-0.15, -0.1) is 0 Å². The van der Waals surface area contributed by atoms with Crippen molar-refractivity contribution < 1.29 is 14.6 Å². The lowest BCUT2D eigenvalue weighted by Gasteiger charge is -2.28. The Morgan fingerprint density at radius 3 is 2.55 bits per heavy atom. The van der Waals surface area contributed by atoms with E-state index >= 15 is 0 Å². The van der Waals surface area contributed by atoms with E-state index in [1.165, 1.54) is 6.07 Å². The third-order valence-electron chi connectivity index (χ3n) is 2.82. The van der Waals surface area contributed by atoms with Crippen LogP contribution in [0.15, 0.2) is 18.2 Å². The van der Waals surface area contributed by atoms with Gasteiger partial charge >= 0.3 is 0 Å². The van der Waals surface area contributed by atoms with Gasteiger partial charge in [-0.05, 0) is 32.5 Å². The van der Waals surface area contributed by atoms with E-state index in [4.69, 9.17) is 5.11 Å². The lowest BCUT2D eigenvalue weighted by atomic mass is 10.1. The largest absolute Gasteiger partial charge is 0.389 e. The van der Waals surface area contributed by atoms with Gasteiger partial charge in [-0.1, -0.05) is 24.8 Å². The molecule has 1 aromatic carbocycles. The third-order valence-corrected chi connectivity index (χ3v) is 2.82. The smallest absolute Gasteiger partial charge is 0.128 e. The molecule has 1 rings (SSSR count). The molecular weight excluding hydrogens is 257 g/mol. The Hall–Kier alpha value is -1.41. The summed E-state index contributed by atoms with van der Waals surface area (Å²) in [5.41, 5.74) is 0.315. The van der Waals surface area contributed by atoms with Gasteiger partial charge in [0.05, 0.1) is 5.60 Å². The molecule has 0 atom stereocenters. The first-order chi connectivity index (χ1) is 9.35. The fourth-order valence-electron chi connectivity index (χ4n) is 1.96. The zero-order valence-electron chi connectivity index (χ0n) is 12.3. The van der Waals surface area contributed by atoms with E-state index in [1.807, 2.05) is 11.8 Å². The van der Waals surface area contributed by atoms with Crippen LogP contribution in [0.4, 0.5) is 4.39 Å². The molecule has 4 heteroatoms. The van der Waals surface area contributed by atoms with Crippen molar-refractivity contribution in [2.24, 2.45) is 0 Å². The van der Waals surface area contributed by atoms with E-state index in [0.29, 0.717) is 24.2 Å². The minimum Gasteiger partial charge on any atom is -0.389 e. The summed E-state index contributed by atoms with van der Waals surface area (Å²) in [6.45, 7) is 6.87. The summed E-state index contributed by atoms with van der Waals surface area (Å²) >= 11 is 0. The molecule has 2 N–H and O–H groups in total. The van der Waals surface area contributed by atoms with Crippen LogP contribution in [0.2, 0.25) is 0 Å². The third kappa shape index (κ3) is 5.70. The molecule has 0 aromatic heterocycles. The molecule has 0 heterocycles. The molecule has 0 saturated heterocycles. The van der Waals surface area contributed by atoms with Crippen molar-refractivity contribution >= 4 is 0 Å². The molecule has 0 radical (unpaired) electrons. The highest BCUT2D eigenvalue weighted by Gasteiger charge is 2.18. The van der Waals surface area contributed by atoms with Gasteiger partial charge in [0.25, 0.3) is 0 Å². The molecule has 0 saturated carbocycles. The molecule has 0 amide bonds. The van der Waals surface area contributed by atoms with Gasteiger partial charge in [-0.3, -0.25) is 4.90 Å². The Labute approximate surface area is 120 Å². The zero-order chi connectivity index (χ0) is 15.2. The van der Waals surface area contributed by atoms with Crippen molar-refractivity contribution in [3.63, 3.8) is 0 Å². The monoisotopic (exact) mass is 279 g/mol. The van der Waals surface area contributed by atoms with Gasteiger partial charge in [0.2, 0.25) is 0 Å². The van der Waals surface area contributed by atoms with Crippen LogP contribution >= 0.6 is 0 Å². The standard InChI is InChI=1S/C16H22FNO2/c1-4-18(12-16(2,3)20)11-14-8-7-13(6-5-9-19)10-15(14)17/h7-8,10,19-20H,4,9,11-12H2,1-3H3. The first kappa shape index (κ1) is 16.6. The van der Waals surface area contributed by atoms with Gasteiger partial charge in [-0.25, -0.2) is 4.39 Å². The van der Waals surface area contributed by atoms with Crippen LogP contribution in [0, 0.1) is 17.7 Å². The predicted molar refractivity (Wildman–Crippen MR) is 77.6 cm³/mol. The highest BCUT2D eigenvalue weighted by atomic mass is 19.1. The lowest BCUT2D eigenvalue weighted by molar-refractivity contribution is 0.0350. The molecule has 0 spiro atoms. The van der Waals surface area contributed by atoms with E-state index in [2.05, 4.69) is 11.8 Å². The SMILES string of the molecule is CCN(Cc1ccc(C#CCO)cc1F)CC(C)(C)O. The van der Waals surface area contributed by atoms with Crippen LogP contribution < -0.4 is 0 Å². The zero-order valence-corrected chi connectivity index (χ0v) is 12.3. The number of rotatable bonds is 5. The van der Waals surface area contributed by atoms with Gasteiger partial charge < -0.3 is 10.2 Å². The number of benzene rings is 1. The van der Waals surface area contributed by atoms with Crippen molar-refractivity contribution in [2.75, 3.05) is 19.7 Å². The molecule has 0 unspecified atom stereocenters. The van der Waals surface area contributed by atoms with Crippen molar-refractivity contribution in [3.8, 4) is 11.8 Å². The van der Waals surface area contributed by atoms with Crippen LogP contribution in [0.25, 0.3) is 0 Å². The van der Waals surface area contributed by atoms with Gasteiger partial charge in [-0.2, -0.15) is 0 Å². The molecule has 0 aliphatic carbocycles. The summed E-state index contributed by atoms with van der Waals surface area (Å²) in [5, 5.41) is 18.4. The fourth-order valence-corrected chi connectivity index (χ4v) is 1.96. The number of hydrogen-bond donors (Lipinski definition) is 2. The molecule has 110 valence electrons. The maximum absolute atomic E-state index is 14.0. The van der Waals surface area contributed by atoms with Crippen molar-refractivity contribution in [3.05, 3.63) is 35.1 Å². The molecular formula is C16H22FNO2. The molecule has 0 aliphatic rings. The molecule has 0 bridgehead atoms. The number of halogens is 1. The normalized spacial score (nSPS) is 11.3. The molecule has 3 nitrogen and oxygen atoms in total. The molecule has 1 aromatic rings. The van der Waals surface area contributed by atoms with Gasteiger partial charge in [0.1, 0.15) is 12.4 Å². The number of aliphatic hydroxyl groups excluding tert-OH is 1. The number of aliphatic hydroxyl groups is 2. The van der Waals surface area contributed by atoms with E-state index in [1.54, 1.807) is 26.0 Å². The van der Waals surface area contributed by atoms with E-state index in [9.17, 15) is 9.50 Å². The maximum atomic E-state index is 14.0. The average Bonchev–Trinajstić information content (AvgIpc) is 2.36. The summed E-state index contributed by atoms with van der Waals surface area (Å²) in [4.78, 5) is 1.98. The number of nitrogens with zero attached hydrogens (tertiary/aromatic N) is 1. The second-order valence-electron chi connectivity index (χ2n) is 5.38. The van der Waals surface area contributed by atoms with Crippen LogP contribution in [0.1, 0.15) is 31.9 Å². The van der Waals surface area contributed by atoms with Gasteiger partial charge in [0.15, 0.2) is 0 Å². The van der Waals surface area contributed by atoms with Crippen LogP contribution in [-0.2, 0) is 6.54 Å². The highest BCUT2D eigenvalue weighted by molar-refractivity contribution is 5.37. The number of likely N-dealkylation sites (N-methyl/N-ethyl adjacent to an activating group) is 1. The summed E-state index contributed by atoms with van der Waals surface area (Å²) in [6, 6.07) is 4.80. The van der Waals surface area contributed by atoms with E-state index < -0.39 is 5.60 Å². The van der Waals surface area contributed by atoms with Crippen molar-refractivity contribution in [1.29, 1.82) is 0 Å². The van der Waals surface area contributed by atoms with E-state index in [0.717, 1.165) is 6.54 Å². The highest BCUT2D eigenvalue weighted by Crippen LogP contribution is 2.14. The van der Waals surface area contributed by atoms with Gasteiger partial charge in [0, 0.05) is 24.2 Å². The number of hydrogen-bond acceptors (Lipinski definition) is 3. The van der Waals surface area contributed by atoms with Crippen molar-refractivity contribution in [1.82, 2.24) is 4.90 Å². The summed E-state index contributed by atoms with van der Waals surface area (Å²) in [7, 11) is 0. The summed E-state index contributed by atoms with van der Waals surface area (Å²) in [6.07, 6.45) is 0. The van der Waals surface area contributed by atoms with Crippen molar-refractivity contribution in [2.45, 2.75) is 32.9 Å². The lowest BCUT2D eigenvalue weighted by Crippen LogP contribution is -2.38. The maximum Gasteiger partial charge on any atom is 0.128 e. The quantitative estimate of drug-likeness (QED) is 0.807. The Balaban J connectivity index is 2.81. The van der Waals surface area contributed by atoms with Crippen LogP contribution in [0.5, 0.6) is 0 Å². The minimum atomic E-state index is -0.807. The van der Waals surface area contributed by atoms with E-state index in [-0.39, 0.29) is 12.4 Å². The molecule has 0 aliphatic heterocycles. The molecule has 0 fully saturated rings. The second kappa shape index (κ2) is 7.39. The Kier molecular flexibility index (Phi) is 6.15. The first-order valence-electron chi connectivity index (χ1n) is 6.68. The Morgan fingerprint density at radius 2 is 2.05 bits per heavy atom.